The first-order valence-electron chi connectivity index (χ1n) is 6.80. The second-order valence-electron chi connectivity index (χ2n) is 5.43. The van der Waals surface area contributed by atoms with Crippen LogP contribution in [0.3, 0.4) is 0 Å². The molecule has 19 heavy (non-hydrogen) atoms. The second-order valence-corrected chi connectivity index (χ2v) is 5.43. The van der Waals surface area contributed by atoms with E-state index in [1.54, 1.807) is 0 Å². The Morgan fingerprint density at radius 3 is 2.53 bits per heavy atom. The van der Waals surface area contributed by atoms with Gasteiger partial charge in [0.1, 0.15) is 5.75 Å². The summed E-state index contributed by atoms with van der Waals surface area (Å²) in [5.41, 5.74) is 11.7. The average molecular weight is 253 g/mol. The molecule has 0 unspecified atom stereocenters. The first-order valence-corrected chi connectivity index (χ1v) is 6.80. The molecule has 0 spiro atoms. The molecule has 0 saturated carbocycles. The predicted molar refractivity (Wildman–Crippen MR) is 79.6 cm³/mol. The molecule has 0 radical (unpaired) electrons. The van der Waals surface area contributed by atoms with Gasteiger partial charge in [-0.15, -0.1) is 0 Å². The number of hydrogen-bond donors (Lipinski definition) is 1. The molecule has 2 nitrogen and oxygen atoms in total. The van der Waals surface area contributed by atoms with Crippen molar-refractivity contribution in [3.8, 4) is 16.9 Å². The molecule has 0 saturated heterocycles. The standard InChI is InChI=1S/C17H19NO/c1-11(2)12-3-5-13(6-4-12)16-10-15(18)9-14-7-8-19-17(14)16/h3-6,9-11H,7-8,18H2,1-2H3. The van der Waals surface area contributed by atoms with Crippen LogP contribution < -0.4 is 10.5 Å². The molecule has 2 aromatic carbocycles. The van der Waals surface area contributed by atoms with Gasteiger partial charge in [0.25, 0.3) is 0 Å². The van der Waals surface area contributed by atoms with E-state index in [1.165, 1.54) is 16.7 Å². The fourth-order valence-electron chi connectivity index (χ4n) is 2.59. The van der Waals surface area contributed by atoms with Crippen LogP contribution in [0.5, 0.6) is 5.75 Å². The lowest BCUT2D eigenvalue weighted by molar-refractivity contribution is 0.358. The lowest BCUT2D eigenvalue weighted by Gasteiger charge is -2.11. The van der Waals surface area contributed by atoms with E-state index in [0.29, 0.717) is 5.92 Å². The molecule has 0 amide bonds. The average Bonchev–Trinajstić information content (AvgIpc) is 2.85. The molecule has 2 heteroatoms. The molecule has 3 rings (SSSR count). The number of nitrogen functional groups attached to an aromatic ring is 1. The maximum atomic E-state index is 5.99. The molecular weight excluding hydrogens is 234 g/mol. The van der Waals surface area contributed by atoms with Crippen LogP contribution in [0.25, 0.3) is 11.1 Å². The summed E-state index contributed by atoms with van der Waals surface area (Å²) in [5, 5.41) is 0. The molecule has 98 valence electrons. The van der Waals surface area contributed by atoms with Crippen LogP contribution in [0.4, 0.5) is 5.69 Å². The molecule has 1 heterocycles. The van der Waals surface area contributed by atoms with E-state index in [-0.39, 0.29) is 0 Å². The zero-order valence-electron chi connectivity index (χ0n) is 11.4. The quantitative estimate of drug-likeness (QED) is 0.821. The Balaban J connectivity index is 2.07. The summed E-state index contributed by atoms with van der Waals surface area (Å²) >= 11 is 0. The molecule has 0 fully saturated rings. The Morgan fingerprint density at radius 2 is 1.84 bits per heavy atom. The van der Waals surface area contributed by atoms with Crippen LogP contribution >= 0.6 is 0 Å². The van der Waals surface area contributed by atoms with E-state index in [0.717, 1.165) is 30.0 Å². The molecule has 1 aliphatic rings. The summed E-state index contributed by atoms with van der Waals surface area (Å²) in [6, 6.07) is 12.7. The lowest BCUT2D eigenvalue weighted by Crippen LogP contribution is -1.92. The van der Waals surface area contributed by atoms with Gasteiger partial charge in [-0.2, -0.15) is 0 Å². The van der Waals surface area contributed by atoms with Gasteiger partial charge in [0.2, 0.25) is 0 Å². The smallest absolute Gasteiger partial charge is 0.130 e. The fourth-order valence-corrected chi connectivity index (χ4v) is 2.59. The van der Waals surface area contributed by atoms with Crippen molar-refractivity contribution in [2.24, 2.45) is 0 Å². The highest BCUT2D eigenvalue weighted by molar-refractivity contribution is 5.76. The number of anilines is 1. The van der Waals surface area contributed by atoms with Crippen molar-refractivity contribution in [3.05, 3.63) is 47.5 Å². The summed E-state index contributed by atoms with van der Waals surface area (Å²) in [7, 11) is 0. The first-order chi connectivity index (χ1) is 9.15. The Labute approximate surface area is 114 Å². The van der Waals surface area contributed by atoms with Crippen LogP contribution in [0.15, 0.2) is 36.4 Å². The van der Waals surface area contributed by atoms with E-state index in [4.69, 9.17) is 10.5 Å². The fraction of sp³-hybridized carbons (Fsp3) is 0.294. The summed E-state index contributed by atoms with van der Waals surface area (Å²) < 4.78 is 5.76. The van der Waals surface area contributed by atoms with Gasteiger partial charge in [-0.25, -0.2) is 0 Å². The number of hydrogen-bond acceptors (Lipinski definition) is 2. The van der Waals surface area contributed by atoms with Gasteiger partial charge in [0, 0.05) is 23.2 Å². The van der Waals surface area contributed by atoms with Crippen molar-refractivity contribution >= 4 is 5.69 Å². The second kappa shape index (κ2) is 4.61. The van der Waals surface area contributed by atoms with Gasteiger partial charge in [-0.05, 0) is 29.2 Å². The zero-order chi connectivity index (χ0) is 13.4. The molecular formula is C17H19NO. The third-order valence-electron chi connectivity index (χ3n) is 3.69. The maximum Gasteiger partial charge on any atom is 0.130 e. The van der Waals surface area contributed by atoms with Gasteiger partial charge < -0.3 is 10.5 Å². The van der Waals surface area contributed by atoms with E-state index < -0.39 is 0 Å². The van der Waals surface area contributed by atoms with Gasteiger partial charge in [0.15, 0.2) is 0 Å². The summed E-state index contributed by atoms with van der Waals surface area (Å²) in [5.74, 6) is 1.56. The number of nitrogens with two attached hydrogens (primary N) is 1. The maximum absolute atomic E-state index is 5.99. The highest BCUT2D eigenvalue weighted by Crippen LogP contribution is 2.39. The number of rotatable bonds is 2. The van der Waals surface area contributed by atoms with Gasteiger partial charge in [-0.3, -0.25) is 0 Å². The lowest BCUT2D eigenvalue weighted by atomic mass is 9.96. The molecule has 2 N–H and O–H groups in total. The normalized spacial score (nSPS) is 13.4. The minimum atomic E-state index is 0.553. The van der Waals surface area contributed by atoms with E-state index >= 15 is 0 Å². The predicted octanol–water partition coefficient (Wildman–Crippen LogP) is 3.99. The number of fused-ring (bicyclic) bond motifs is 1. The van der Waals surface area contributed by atoms with E-state index in [2.05, 4.69) is 38.1 Å². The zero-order valence-corrected chi connectivity index (χ0v) is 11.4. The summed E-state index contributed by atoms with van der Waals surface area (Å²) in [4.78, 5) is 0. The van der Waals surface area contributed by atoms with Crippen LogP contribution in [0.2, 0.25) is 0 Å². The Morgan fingerprint density at radius 1 is 1.11 bits per heavy atom. The van der Waals surface area contributed by atoms with Gasteiger partial charge in [0.05, 0.1) is 6.61 Å². The van der Waals surface area contributed by atoms with Gasteiger partial charge in [-0.1, -0.05) is 38.1 Å². The minimum absolute atomic E-state index is 0.553. The minimum Gasteiger partial charge on any atom is -0.492 e. The van der Waals surface area contributed by atoms with Crippen LogP contribution in [0, 0.1) is 0 Å². The number of ether oxygens (including phenoxy) is 1. The first kappa shape index (κ1) is 12.1. The molecule has 0 bridgehead atoms. The van der Waals surface area contributed by atoms with Crippen LogP contribution in [-0.4, -0.2) is 6.61 Å². The third kappa shape index (κ3) is 2.19. The Kier molecular flexibility index (Phi) is 2.94. The molecule has 0 aliphatic carbocycles. The van der Waals surface area contributed by atoms with E-state index in [9.17, 15) is 0 Å². The Bertz CT molecular complexity index is 599. The van der Waals surface area contributed by atoms with Crippen molar-refractivity contribution in [2.75, 3.05) is 12.3 Å². The topological polar surface area (TPSA) is 35.2 Å². The molecule has 2 aromatic rings. The Hall–Kier alpha value is -1.96. The molecule has 0 aromatic heterocycles. The molecule has 1 aliphatic heterocycles. The third-order valence-corrected chi connectivity index (χ3v) is 3.69. The largest absolute Gasteiger partial charge is 0.492 e. The van der Waals surface area contributed by atoms with Crippen molar-refractivity contribution in [1.29, 1.82) is 0 Å². The molecule has 0 atom stereocenters. The van der Waals surface area contributed by atoms with Gasteiger partial charge >= 0.3 is 0 Å². The van der Waals surface area contributed by atoms with Crippen LogP contribution in [0.1, 0.15) is 30.9 Å². The van der Waals surface area contributed by atoms with Crippen molar-refractivity contribution in [3.63, 3.8) is 0 Å². The highest BCUT2D eigenvalue weighted by atomic mass is 16.5. The highest BCUT2D eigenvalue weighted by Gasteiger charge is 2.18. The van der Waals surface area contributed by atoms with E-state index in [1.807, 2.05) is 12.1 Å². The summed E-state index contributed by atoms with van der Waals surface area (Å²) in [6.45, 7) is 5.17. The summed E-state index contributed by atoms with van der Waals surface area (Å²) in [6.07, 6.45) is 0.956. The number of benzene rings is 2. The monoisotopic (exact) mass is 253 g/mol. The van der Waals surface area contributed by atoms with Crippen LogP contribution in [-0.2, 0) is 6.42 Å². The SMILES string of the molecule is CC(C)c1ccc(-c2cc(N)cc3c2OCC3)cc1. The van der Waals surface area contributed by atoms with Crippen molar-refractivity contribution in [1.82, 2.24) is 0 Å². The van der Waals surface area contributed by atoms with Crippen molar-refractivity contribution in [2.45, 2.75) is 26.2 Å². The van der Waals surface area contributed by atoms with Crippen molar-refractivity contribution < 1.29 is 4.74 Å².